The molecule has 4 saturated carbocycles. The summed E-state index contributed by atoms with van der Waals surface area (Å²) in [6.07, 6.45) is -35.0. The third kappa shape index (κ3) is 5.23. The van der Waals surface area contributed by atoms with Crippen molar-refractivity contribution >= 4 is 0 Å². The van der Waals surface area contributed by atoms with Crippen LogP contribution in [-0.2, 0) is 0 Å². The molecule has 0 aromatic rings. The highest BCUT2D eigenvalue weighted by Gasteiger charge is 2.79. The van der Waals surface area contributed by atoms with Crippen molar-refractivity contribution in [1.29, 1.82) is 0 Å². The number of rotatable bonds is 9. The maximum atomic E-state index is 16.1. The maximum Gasteiger partial charge on any atom is 0.426 e. The van der Waals surface area contributed by atoms with Gasteiger partial charge in [-0.3, -0.25) is 0 Å². The van der Waals surface area contributed by atoms with Gasteiger partial charge >= 0.3 is 24.7 Å². The number of hydrogen-bond donors (Lipinski definition) is 1. The van der Waals surface area contributed by atoms with E-state index in [9.17, 15) is 57.8 Å². The molecule has 0 amide bonds. The molecule has 0 spiro atoms. The Bertz CT molecular complexity index is 1170. The Morgan fingerprint density at radius 3 is 1.29 bits per heavy atom. The van der Waals surface area contributed by atoms with E-state index in [1.165, 1.54) is 13.8 Å². The van der Waals surface area contributed by atoms with Crippen molar-refractivity contribution in [1.82, 2.24) is 0 Å². The van der Waals surface area contributed by atoms with E-state index < -0.39 is 145 Å². The van der Waals surface area contributed by atoms with Crippen molar-refractivity contribution in [3.8, 4) is 0 Å². The first-order valence-corrected chi connectivity index (χ1v) is 15.3. The highest BCUT2D eigenvalue weighted by atomic mass is 19.4. The predicted octanol–water partition coefficient (Wildman–Crippen LogP) is 10.8. The van der Waals surface area contributed by atoms with E-state index in [1.807, 2.05) is 0 Å². The maximum absolute atomic E-state index is 16.1. The summed E-state index contributed by atoms with van der Waals surface area (Å²) in [7, 11) is 0. The fraction of sp³-hybridized carbons (Fsp3) is 1.00. The molecule has 0 aromatic heterocycles. The number of hydrogen-bond acceptors (Lipinski definition) is 1. The molecular formula is C29H34F18O. The lowest BCUT2D eigenvalue weighted by Gasteiger charge is -2.47. The third-order valence-electron chi connectivity index (χ3n) is 12.7. The summed E-state index contributed by atoms with van der Waals surface area (Å²) in [4.78, 5) is 0. The van der Waals surface area contributed by atoms with Gasteiger partial charge in [0, 0.05) is 23.7 Å². The van der Waals surface area contributed by atoms with Crippen molar-refractivity contribution in [2.24, 2.45) is 52.8 Å². The molecule has 4 aliphatic rings. The van der Waals surface area contributed by atoms with Crippen molar-refractivity contribution in [2.75, 3.05) is 0 Å². The van der Waals surface area contributed by atoms with Crippen molar-refractivity contribution in [2.45, 2.75) is 126 Å². The van der Waals surface area contributed by atoms with E-state index in [-0.39, 0.29) is 19.8 Å². The molecular weight excluding hydrogens is 706 g/mol. The van der Waals surface area contributed by atoms with Crippen LogP contribution >= 0.6 is 0 Å². The number of aliphatic hydroxyl groups is 1. The van der Waals surface area contributed by atoms with Crippen LogP contribution in [-0.4, -0.2) is 58.6 Å². The average molecular weight is 741 g/mol. The van der Waals surface area contributed by atoms with Crippen LogP contribution in [0.2, 0.25) is 0 Å². The molecule has 10 atom stereocenters. The molecule has 0 heterocycles. The van der Waals surface area contributed by atoms with Crippen LogP contribution in [0.5, 0.6) is 0 Å². The Balaban J connectivity index is 1.51. The summed E-state index contributed by atoms with van der Waals surface area (Å²) in [6.45, 7) is 2.22. The molecule has 1 nitrogen and oxygen atoms in total. The van der Waals surface area contributed by atoms with Crippen molar-refractivity contribution < 1.29 is 84.1 Å². The summed E-state index contributed by atoms with van der Waals surface area (Å²) < 4.78 is 253. The number of halogens is 18. The third-order valence-corrected chi connectivity index (χ3v) is 12.7. The lowest BCUT2D eigenvalue weighted by atomic mass is 9.63. The normalized spacial score (nSPS) is 39.9. The smallest absolute Gasteiger partial charge is 0.374 e. The van der Waals surface area contributed by atoms with Crippen LogP contribution in [0.3, 0.4) is 0 Å². The van der Waals surface area contributed by atoms with Gasteiger partial charge in [0.05, 0.1) is 0 Å². The van der Waals surface area contributed by atoms with Gasteiger partial charge in [0.15, 0.2) is 16.8 Å². The molecule has 0 radical (unpaired) electrons. The Labute approximate surface area is 263 Å². The van der Waals surface area contributed by atoms with Gasteiger partial charge in [-0.1, -0.05) is 13.8 Å². The van der Waals surface area contributed by atoms with Crippen molar-refractivity contribution in [3.05, 3.63) is 0 Å². The fourth-order valence-corrected chi connectivity index (χ4v) is 9.49. The summed E-state index contributed by atoms with van der Waals surface area (Å²) >= 11 is 0. The van der Waals surface area contributed by atoms with Gasteiger partial charge in [0.25, 0.3) is 17.4 Å². The van der Waals surface area contributed by atoms with Crippen LogP contribution < -0.4 is 0 Å². The van der Waals surface area contributed by atoms with Crippen LogP contribution in [0.4, 0.5) is 79.0 Å². The fourth-order valence-electron chi connectivity index (χ4n) is 9.49. The predicted molar refractivity (Wildman–Crippen MR) is 131 cm³/mol. The van der Waals surface area contributed by atoms with E-state index in [4.69, 9.17) is 0 Å². The Morgan fingerprint density at radius 1 is 0.521 bits per heavy atom. The van der Waals surface area contributed by atoms with E-state index in [0.717, 1.165) is 0 Å². The van der Waals surface area contributed by atoms with E-state index in [0.29, 0.717) is 0 Å². The minimum absolute atomic E-state index is 0.258. The first kappa shape index (κ1) is 39.5. The molecule has 4 rings (SSSR count). The highest BCUT2D eigenvalue weighted by molar-refractivity contribution is 5.20. The Morgan fingerprint density at radius 2 is 0.875 bits per heavy atom. The Kier molecular flexibility index (Phi) is 9.13. The van der Waals surface area contributed by atoms with Gasteiger partial charge in [-0.15, -0.1) is 0 Å². The lowest BCUT2D eigenvalue weighted by Crippen LogP contribution is -2.60. The van der Waals surface area contributed by atoms with Crippen LogP contribution in [0, 0.1) is 52.8 Å². The van der Waals surface area contributed by atoms with E-state index in [2.05, 4.69) is 0 Å². The molecule has 282 valence electrons. The lowest BCUT2D eigenvalue weighted by molar-refractivity contribution is -0.372. The van der Waals surface area contributed by atoms with Gasteiger partial charge in [0.1, 0.15) is 0 Å². The number of fused-ring (bicyclic) bond motifs is 4. The minimum atomic E-state index is -6.39. The molecule has 48 heavy (non-hydrogen) atoms. The van der Waals surface area contributed by atoms with Crippen molar-refractivity contribution in [3.63, 3.8) is 0 Å². The summed E-state index contributed by atoms with van der Waals surface area (Å²) in [5.74, 6) is -20.6. The molecule has 0 aromatic carbocycles. The summed E-state index contributed by atoms with van der Waals surface area (Å²) in [5, 5.41) is 9.43. The summed E-state index contributed by atoms with van der Waals surface area (Å²) in [6, 6.07) is 0. The van der Waals surface area contributed by atoms with Crippen LogP contribution in [0.1, 0.15) is 72.1 Å². The molecule has 4 fully saturated rings. The molecule has 4 bridgehead atoms. The van der Waals surface area contributed by atoms with Gasteiger partial charge in [-0.2, -0.15) is 52.7 Å². The molecule has 0 saturated heterocycles. The number of alkyl halides is 18. The molecule has 1 N–H and O–H groups in total. The van der Waals surface area contributed by atoms with Gasteiger partial charge < -0.3 is 5.11 Å². The van der Waals surface area contributed by atoms with Gasteiger partial charge in [-0.05, 0) is 82.0 Å². The standard InChI is InChI=1S/C29H34F18O/c1-12-15(19-10-16(12)21(30,25(19,34)35)7-6-20(3,26(36,37)38)27(39,40)41)5-4-14-13(2)17-11-18(14)22(31,24(17,32)33)8-9-23(48,28(42,43)44)29(45,46)47/h12-19,48H,4-11H2,1-3H3. The highest BCUT2D eigenvalue weighted by Crippen LogP contribution is 2.71. The molecule has 10 unspecified atom stereocenters. The minimum Gasteiger partial charge on any atom is -0.374 e. The van der Waals surface area contributed by atoms with Crippen LogP contribution in [0.15, 0.2) is 0 Å². The van der Waals surface area contributed by atoms with Gasteiger partial charge in [-0.25, -0.2) is 26.3 Å². The second-order valence-electron chi connectivity index (χ2n) is 14.7. The zero-order chi connectivity index (χ0) is 37.3. The van der Waals surface area contributed by atoms with Gasteiger partial charge in [0.2, 0.25) is 0 Å². The molecule has 0 aliphatic heterocycles. The van der Waals surface area contributed by atoms with E-state index in [1.54, 1.807) is 0 Å². The SMILES string of the molecule is CC1C(CCC2C(C)C3CC2C(F)(F)C3(F)CCC(C)(C(F)(F)F)C(F)(F)F)C2CC1C(F)(F)C2(F)CCC(O)(C(F)(F)F)C(F)(F)F. The largest absolute Gasteiger partial charge is 0.426 e. The molecule has 19 heteroatoms. The Hall–Kier alpha value is -1.30. The monoisotopic (exact) mass is 740 g/mol. The van der Waals surface area contributed by atoms with E-state index >= 15 is 26.3 Å². The second kappa shape index (κ2) is 11.1. The zero-order valence-corrected chi connectivity index (χ0v) is 25.5. The topological polar surface area (TPSA) is 20.2 Å². The quantitative estimate of drug-likeness (QED) is 0.234. The molecule has 4 aliphatic carbocycles. The zero-order valence-electron chi connectivity index (χ0n) is 25.5. The first-order chi connectivity index (χ1) is 21.2. The first-order valence-electron chi connectivity index (χ1n) is 15.3. The van der Waals surface area contributed by atoms with Crippen LogP contribution in [0.25, 0.3) is 0 Å². The summed E-state index contributed by atoms with van der Waals surface area (Å²) in [5.41, 5.74) is -17.7. The average Bonchev–Trinajstić information content (AvgIpc) is 3.54. The second-order valence-corrected chi connectivity index (χ2v) is 14.7.